The summed E-state index contributed by atoms with van der Waals surface area (Å²) < 4.78 is 0. The maximum atomic E-state index is 11.4. The van der Waals surface area contributed by atoms with Crippen LogP contribution in [0.4, 0.5) is 11.4 Å². The van der Waals surface area contributed by atoms with E-state index in [0.717, 1.165) is 51.4 Å². The SMILES string of the molecule is Cc1ccc(N2CCN(CCCNc3ccccc3C(N)=O)CC2)cc1. The van der Waals surface area contributed by atoms with Gasteiger partial charge in [-0.05, 0) is 44.2 Å². The first-order valence-electron chi connectivity index (χ1n) is 9.30. The Bertz CT molecular complexity index is 721. The van der Waals surface area contributed by atoms with Crippen molar-refractivity contribution in [2.24, 2.45) is 5.73 Å². The van der Waals surface area contributed by atoms with Crippen molar-refractivity contribution < 1.29 is 4.79 Å². The maximum Gasteiger partial charge on any atom is 0.250 e. The molecular formula is C21H28N4O. The predicted molar refractivity (Wildman–Crippen MR) is 108 cm³/mol. The molecule has 0 atom stereocenters. The summed E-state index contributed by atoms with van der Waals surface area (Å²) in [6.07, 6.45) is 1.04. The molecule has 26 heavy (non-hydrogen) atoms. The molecule has 0 aromatic heterocycles. The maximum absolute atomic E-state index is 11.4. The highest BCUT2D eigenvalue weighted by Crippen LogP contribution is 2.17. The number of nitrogens with two attached hydrogens (primary N) is 1. The Morgan fingerprint density at radius 2 is 1.73 bits per heavy atom. The fourth-order valence-electron chi connectivity index (χ4n) is 3.36. The summed E-state index contributed by atoms with van der Waals surface area (Å²) in [5, 5.41) is 3.34. The van der Waals surface area contributed by atoms with E-state index >= 15 is 0 Å². The fraction of sp³-hybridized carbons (Fsp3) is 0.381. The van der Waals surface area contributed by atoms with Crippen molar-refractivity contribution >= 4 is 17.3 Å². The van der Waals surface area contributed by atoms with Crippen LogP contribution in [0.3, 0.4) is 0 Å². The Kier molecular flexibility index (Phi) is 6.12. The van der Waals surface area contributed by atoms with Gasteiger partial charge in [0.05, 0.1) is 5.56 Å². The van der Waals surface area contributed by atoms with Gasteiger partial charge in [0.2, 0.25) is 0 Å². The van der Waals surface area contributed by atoms with Crippen LogP contribution in [0.15, 0.2) is 48.5 Å². The lowest BCUT2D eigenvalue weighted by atomic mass is 10.1. The molecule has 1 heterocycles. The first-order valence-corrected chi connectivity index (χ1v) is 9.30. The van der Waals surface area contributed by atoms with Gasteiger partial charge in [0, 0.05) is 44.1 Å². The first-order chi connectivity index (χ1) is 12.6. The molecule has 0 spiro atoms. The van der Waals surface area contributed by atoms with E-state index in [2.05, 4.69) is 46.3 Å². The normalized spacial score (nSPS) is 15.0. The van der Waals surface area contributed by atoms with Crippen molar-refractivity contribution in [3.8, 4) is 0 Å². The molecule has 2 aromatic rings. The smallest absolute Gasteiger partial charge is 0.250 e. The first kappa shape index (κ1) is 18.3. The van der Waals surface area contributed by atoms with Crippen molar-refractivity contribution in [3.63, 3.8) is 0 Å². The number of anilines is 2. The molecule has 3 rings (SSSR count). The number of hydrogen-bond donors (Lipinski definition) is 2. The second-order valence-corrected chi connectivity index (χ2v) is 6.85. The Morgan fingerprint density at radius 3 is 2.42 bits per heavy atom. The van der Waals surface area contributed by atoms with Crippen LogP contribution in [-0.4, -0.2) is 50.1 Å². The van der Waals surface area contributed by atoms with Gasteiger partial charge in [0.25, 0.3) is 5.91 Å². The molecule has 0 unspecified atom stereocenters. The highest BCUT2D eigenvalue weighted by atomic mass is 16.1. The van der Waals surface area contributed by atoms with Gasteiger partial charge >= 0.3 is 0 Å². The predicted octanol–water partition coefficient (Wildman–Crippen LogP) is 2.72. The highest BCUT2D eigenvalue weighted by Gasteiger charge is 2.16. The van der Waals surface area contributed by atoms with Crippen LogP contribution in [0, 0.1) is 6.92 Å². The molecule has 1 saturated heterocycles. The number of nitrogens with one attached hydrogen (secondary N) is 1. The summed E-state index contributed by atoms with van der Waals surface area (Å²) >= 11 is 0. The molecule has 5 heteroatoms. The molecule has 0 bridgehead atoms. The molecule has 138 valence electrons. The zero-order valence-electron chi connectivity index (χ0n) is 15.4. The number of para-hydroxylation sites is 1. The van der Waals surface area contributed by atoms with Gasteiger partial charge in [-0.15, -0.1) is 0 Å². The van der Waals surface area contributed by atoms with Crippen molar-refractivity contribution in [1.29, 1.82) is 0 Å². The van der Waals surface area contributed by atoms with Gasteiger partial charge in [-0.3, -0.25) is 9.69 Å². The zero-order chi connectivity index (χ0) is 18.4. The van der Waals surface area contributed by atoms with Gasteiger partial charge in [0.1, 0.15) is 0 Å². The summed E-state index contributed by atoms with van der Waals surface area (Å²) in [5.74, 6) is -0.389. The summed E-state index contributed by atoms with van der Waals surface area (Å²) in [4.78, 5) is 16.4. The number of carbonyl (C=O) groups is 1. The van der Waals surface area contributed by atoms with E-state index in [4.69, 9.17) is 5.73 Å². The van der Waals surface area contributed by atoms with Gasteiger partial charge in [-0.1, -0.05) is 29.8 Å². The second-order valence-electron chi connectivity index (χ2n) is 6.85. The molecule has 5 nitrogen and oxygen atoms in total. The third-order valence-corrected chi connectivity index (χ3v) is 4.93. The summed E-state index contributed by atoms with van der Waals surface area (Å²) in [7, 11) is 0. The van der Waals surface area contributed by atoms with E-state index < -0.39 is 0 Å². The van der Waals surface area contributed by atoms with E-state index in [1.807, 2.05) is 18.2 Å². The van der Waals surface area contributed by atoms with Crippen molar-refractivity contribution in [1.82, 2.24) is 4.90 Å². The second kappa shape index (κ2) is 8.72. The van der Waals surface area contributed by atoms with Crippen LogP contribution < -0.4 is 16.0 Å². The van der Waals surface area contributed by atoms with Crippen molar-refractivity contribution in [2.75, 3.05) is 49.5 Å². The van der Waals surface area contributed by atoms with Gasteiger partial charge < -0.3 is 16.0 Å². The minimum absolute atomic E-state index is 0.389. The topological polar surface area (TPSA) is 61.6 Å². The standard InChI is InChI=1S/C21H28N4O/c1-17-7-9-18(10-8-17)25-15-13-24(14-16-25)12-4-11-23-20-6-3-2-5-19(20)21(22)26/h2-3,5-10,23H,4,11-16H2,1H3,(H2,22,26). The van der Waals surface area contributed by atoms with Gasteiger partial charge in [-0.2, -0.15) is 0 Å². The Balaban J connectivity index is 1.39. The summed E-state index contributed by atoms with van der Waals surface area (Å²) in [6, 6.07) is 16.2. The number of nitrogens with zero attached hydrogens (tertiary/aromatic N) is 2. The Morgan fingerprint density at radius 1 is 1.04 bits per heavy atom. The average Bonchev–Trinajstić information content (AvgIpc) is 2.66. The van der Waals surface area contributed by atoms with Gasteiger partial charge in [0.15, 0.2) is 0 Å². The fourth-order valence-corrected chi connectivity index (χ4v) is 3.36. The molecule has 2 aromatic carbocycles. The molecule has 1 aliphatic rings. The molecule has 1 amide bonds. The molecule has 3 N–H and O–H groups in total. The van der Waals surface area contributed by atoms with Crippen LogP contribution >= 0.6 is 0 Å². The lowest BCUT2D eigenvalue weighted by molar-refractivity contribution is 0.100. The van der Waals surface area contributed by atoms with Crippen LogP contribution in [-0.2, 0) is 0 Å². The number of rotatable bonds is 7. The summed E-state index contributed by atoms with van der Waals surface area (Å²) in [6.45, 7) is 8.34. The number of amides is 1. The van der Waals surface area contributed by atoms with E-state index in [9.17, 15) is 4.79 Å². The van der Waals surface area contributed by atoms with Crippen LogP contribution in [0.5, 0.6) is 0 Å². The summed E-state index contributed by atoms with van der Waals surface area (Å²) in [5.41, 5.74) is 9.41. The largest absolute Gasteiger partial charge is 0.384 e. The monoisotopic (exact) mass is 352 g/mol. The Labute approximate surface area is 155 Å². The Hall–Kier alpha value is -2.53. The van der Waals surface area contributed by atoms with E-state index in [1.165, 1.54) is 11.3 Å². The quantitative estimate of drug-likeness (QED) is 0.752. The molecule has 0 aliphatic carbocycles. The van der Waals surface area contributed by atoms with Crippen LogP contribution in [0.1, 0.15) is 22.3 Å². The van der Waals surface area contributed by atoms with E-state index in [0.29, 0.717) is 5.56 Å². The van der Waals surface area contributed by atoms with Crippen molar-refractivity contribution in [2.45, 2.75) is 13.3 Å². The number of hydrogen-bond acceptors (Lipinski definition) is 4. The third kappa shape index (κ3) is 4.76. The number of aryl methyl sites for hydroxylation is 1. The molecule has 0 saturated carbocycles. The van der Waals surface area contributed by atoms with Gasteiger partial charge in [-0.25, -0.2) is 0 Å². The minimum Gasteiger partial charge on any atom is -0.384 e. The highest BCUT2D eigenvalue weighted by molar-refractivity contribution is 5.98. The molecular weight excluding hydrogens is 324 g/mol. The number of benzene rings is 2. The number of primary amides is 1. The average molecular weight is 352 g/mol. The zero-order valence-corrected chi connectivity index (χ0v) is 15.4. The van der Waals surface area contributed by atoms with Crippen molar-refractivity contribution in [3.05, 3.63) is 59.7 Å². The molecule has 0 radical (unpaired) electrons. The van der Waals surface area contributed by atoms with Crippen LogP contribution in [0.25, 0.3) is 0 Å². The molecule has 1 fully saturated rings. The van der Waals surface area contributed by atoms with Crippen LogP contribution in [0.2, 0.25) is 0 Å². The molecule has 1 aliphatic heterocycles. The minimum atomic E-state index is -0.389. The van der Waals surface area contributed by atoms with E-state index in [-0.39, 0.29) is 5.91 Å². The lowest BCUT2D eigenvalue weighted by Gasteiger charge is -2.36. The van der Waals surface area contributed by atoms with E-state index in [1.54, 1.807) is 6.07 Å². The third-order valence-electron chi connectivity index (χ3n) is 4.93. The lowest BCUT2D eigenvalue weighted by Crippen LogP contribution is -2.46. The number of piperazine rings is 1. The number of carbonyl (C=O) groups excluding carboxylic acids is 1.